The van der Waals surface area contributed by atoms with Crippen LogP contribution in [0.3, 0.4) is 0 Å². The Labute approximate surface area is 191 Å². The second-order valence-electron chi connectivity index (χ2n) is 9.29. The average Bonchev–Trinajstić information content (AvgIpc) is 3.66. The summed E-state index contributed by atoms with van der Waals surface area (Å²) in [4.78, 5) is 23.8. The second kappa shape index (κ2) is 7.79. The number of hydrogen-bond acceptors (Lipinski definition) is 7. The molecule has 1 aromatic heterocycles. The van der Waals surface area contributed by atoms with Crippen LogP contribution in [0.5, 0.6) is 5.88 Å². The van der Waals surface area contributed by atoms with E-state index in [1.807, 2.05) is 26.2 Å². The van der Waals surface area contributed by atoms with E-state index in [4.69, 9.17) is 9.47 Å². The normalized spacial score (nSPS) is 22.0. The molecule has 3 aliphatic rings. The number of rotatable bonds is 6. The molecule has 3 fully saturated rings. The molecule has 1 spiro atoms. The van der Waals surface area contributed by atoms with E-state index in [2.05, 4.69) is 15.3 Å². The molecule has 170 valence electrons. The van der Waals surface area contributed by atoms with Crippen molar-refractivity contribution in [3.05, 3.63) is 35.9 Å². The number of nitrogens with one attached hydrogen (secondary N) is 1. The molecule has 1 N–H and O–H groups in total. The van der Waals surface area contributed by atoms with Gasteiger partial charge in [0.2, 0.25) is 5.88 Å². The standard InChI is InChI=1S/C23H27FN4O3S/c1-14-19(27-17-5-4-15(32-3)10-16(17)24)25-13-26-20(14)30-18-11-28(12-23(18)8-9-23)21(29)31-22(2)6-7-22/h4-5,10,13,18H,6-9,11-12H2,1-3H3,(H,25,26,27). The zero-order valence-corrected chi connectivity index (χ0v) is 19.3. The fraction of sp³-hybridized carbons (Fsp3) is 0.522. The highest BCUT2D eigenvalue weighted by Crippen LogP contribution is 2.54. The first-order valence-electron chi connectivity index (χ1n) is 10.9. The molecule has 1 saturated heterocycles. The maximum Gasteiger partial charge on any atom is 0.410 e. The molecular formula is C23H27FN4O3S. The molecule has 9 heteroatoms. The lowest BCUT2D eigenvalue weighted by atomic mass is 10.0. The summed E-state index contributed by atoms with van der Waals surface area (Å²) < 4.78 is 26.4. The van der Waals surface area contributed by atoms with Gasteiger partial charge in [-0.05, 0) is 64.0 Å². The Morgan fingerprint density at radius 1 is 1.28 bits per heavy atom. The highest BCUT2D eigenvalue weighted by atomic mass is 32.2. The lowest BCUT2D eigenvalue weighted by molar-refractivity contribution is 0.0612. The van der Waals surface area contributed by atoms with E-state index in [1.54, 1.807) is 11.0 Å². The van der Waals surface area contributed by atoms with E-state index in [0.29, 0.717) is 36.0 Å². The SMILES string of the molecule is CSc1ccc(Nc2ncnc(OC3CN(C(=O)OC4(C)CC4)CC34CC4)c2C)c(F)c1. The summed E-state index contributed by atoms with van der Waals surface area (Å²) in [6.07, 6.45) is 6.79. The number of anilines is 2. The number of halogens is 1. The monoisotopic (exact) mass is 458 g/mol. The van der Waals surface area contributed by atoms with Crippen LogP contribution >= 0.6 is 11.8 Å². The first kappa shape index (κ1) is 21.3. The topological polar surface area (TPSA) is 76.6 Å². The molecule has 1 aliphatic heterocycles. The van der Waals surface area contributed by atoms with E-state index in [0.717, 1.165) is 30.6 Å². The number of likely N-dealkylation sites (tertiary alicyclic amines) is 1. The summed E-state index contributed by atoms with van der Waals surface area (Å²) in [5, 5.41) is 3.05. The van der Waals surface area contributed by atoms with E-state index in [-0.39, 0.29) is 29.0 Å². The lowest BCUT2D eigenvalue weighted by Crippen LogP contribution is -2.34. The van der Waals surface area contributed by atoms with Crippen LogP contribution in [0, 0.1) is 18.2 Å². The van der Waals surface area contributed by atoms with Gasteiger partial charge in [0.05, 0.1) is 17.8 Å². The van der Waals surface area contributed by atoms with Gasteiger partial charge in [-0.25, -0.2) is 19.2 Å². The van der Waals surface area contributed by atoms with Gasteiger partial charge < -0.3 is 19.7 Å². The first-order chi connectivity index (χ1) is 15.3. The number of ether oxygens (including phenoxy) is 2. The van der Waals surface area contributed by atoms with Crippen LogP contribution < -0.4 is 10.1 Å². The summed E-state index contributed by atoms with van der Waals surface area (Å²) in [6.45, 7) is 4.94. The molecule has 2 aromatic rings. The van der Waals surface area contributed by atoms with Crippen molar-refractivity contribution in [1.29, 1.82) is 0 Å². The Bertz CT molecular complexity index is 1060. The molecule has 32 heavy (non-hydrogen) atoms. The number of carbonyl (C=O) groups excluding carboxylic acids is 1. The van der Waals surface area contributed by atoms with Crippen LogP contribution in [0.2, 0.25) is 0 Å². The van der Waals surface area contributed by atoms with Gasteiger partial charge in [0, 0.05) is 16.9 Å². The Kier molecular flexibility index (Phi) is 5.19. The molecule has 1 amide bonds. The number of hydrogen-bond donors (Lipinski definition) is 1. The Morgan fingerprint density at radius 2 is 2.06 bits per heavy atom. The molecule has 2 heterocycles. The summed E-state index contributed by atoms with van der Waals surface area (Å²) in [5.41, 5.74) is 0.717. The molecule has 1 atom stereocenters. The quantitative estimate of drug-likeness (QED) is 0.616. The molecule has 0 radical (unpaired) electrons. The van der Waals surface area contributed by atoms with Gasteiger partial charge in [0.25, 0.3) is 0 Å². The highest BCUT2D eigenvalue weighted by Gasteiger charge is 2.59. The molecule has 7 nitrogen and oxygen atoms in total. The zero-order chi connectivity index (χ0) is 22.5. The van der Waals surface area contributed by atoms with Crippen molar-refractivity contribution < 1.29 is 18.7 Å². The van der Waals surface area contributed by atoms with Crippen molar-refractivity contribution in [3.8, 4) is 5.88 Å². The Morgan fingerprint density at radius 3 is 2.72 bits per heavy atom. The van der Waals surface area contributed by atoms with Crippen molar-refractivity contribution in [2.75, 3.05) is 24.7 Å². The average molecular weight is 459 g/mol. The molecule has 1 aromatic carbocycles. The van der Waals surface area contributed by atoms with Gasteiger partial charge in [-0.1, -0.05) is 0 Å². The Balaban J connectivity index is 1.30. The number of nitrogens with zero attached hydrogens (tertiary/aromatic N) is 3. The molecule has 1 unspecified atom stereocenters. The maximum atomic E-state index is 14.4. The largest absolute Gasteiger partial charge is 0.471 e. The van der Waals surface area contributed by atoms with Gasteiger partial charge in [-0.3, -0.25) is 0 Å². The molecule has 5 rings (SSSR count). The number of aromatic nitrogens is 2. The highest BCUT2D eigenvalue weighted by molar-refractivity contribution is 7.98. The third-order valence-corrected chi connectivity index (χ3v) is 7.46. The minimum absolute atomic E-state index is 0.0335. The number of benzene rings is 1. The first-order valence-corrected chi connectivity index (χ1v) is 12.1. The predicted molar refractivity (Wildman–Crippen MR) is 120 cm³/mol. The van der Waals surface area contributed by atoms with E-state index < -0.39 is 0 Å². The van der Waals surface area contributed by atoms with Gasteiger partial charge >= 0.3 is 6.09 Å². The fourth-order valence-electron chi connectivity index (χ4n) is 4.10. The predicted octanol–water partition coefficient (Wildman–Crippen LogP) is 4.92. The van der Waals surface area contributed by atoms with Gasteiger partial charge in [-0.15, -0.1) is 11.8 Å². The number of thioether (sulfide) groups is 1. The van der Waals surface area contributed by atoms with Crippen molar-refractivity contribution in [3.63, 3.8) is 0 Å². The van der Waals surface area contributed by atoms with Crippen LogP contribution in [-0.4, -0.2) is 52.0 Å². The second-order valence-corrected chi connectivity index (χ2v) is 10.2. The van der Waals surface area contributed by atoms with Crippen molar-refractivity contribution in [2.45, 2.75) is 56.1 Å². The van der Waals surface area contributed by atoms with E-state index in [1.165, 1.54) is 24.2 Å². The Hall–Kier alpha value is -2.55. The van der Waals surface area contributed by atoms with E-state index >= 15 is 0 Å². The van der Waals surface area contributed by atoms with Crippen molar-refractivity contribution >= 4 is 29.4 Å². The number of carbonyl (C=O) groups is 1. The maximum absolute atomic E-state index is 14.4. The smallest absolute Gasteiger partial charge is 0.410 e. The molecule has 2 aliphatic carbocycles. The lowest BCUT2D eigenvalue weighted by Gasteiger charge is -2.20. The minimum Gasteiger partial charge on any atom is -0.471 e. The molecular weight excluding hydrogens is 431 g/mol. The minimum atomic E-state index is -0.344. The van der Waals surface area contributed by atoms with Gasteiger partial charge in [0.15, 0.2) is 0 Å². The van der Waals surface area contributed by atoms with Crippen LogP contribution in [0.4, 0.5) is 20.7 Å². The molecule has 2 saturated carbocycles. The fourth-order valence-corrected chi connectivity index (χ4v) is 4.53. The number of amides is 1. The third-order valence-electron chi connectivity index (χ3n) is 6.73. The van der Waals surface area contributed by atoms with Gasteiger partial charge in [0.1, 0.15) is 29.7 Å². The van der Waals surface area contributed by atoms with Crippen LogP contribution in [-0.2, 0) is 4.74 Å². The summed E-state index contributed by atoms with van der Waals surface area (Å²) in [5.74, 6) is 0.597. The van der Waals surface area contributed by atoms with Crippen LogP contribution in [0.1, 0.15) is 38.2 Å². The van der Waals surface area contributed by atoms with E-state index in [9.17, 15) is 9.18 Å². The van der Waals surface area contributed by atoms with Gasteiger partial charge in [-0.2, -0.15) is 0 Å². The summed E-state index contributed by atoms with van der Waals surface area (Å²) in [7, 11) is 0. The van der Waals surface area contributed by atoms with Crippen LogP contribution in [0.15, 0.2) is 29.4 Å². The van der Waals surface area contributed by atoms with Crippen molar-refractivity contribution in [1.82, 2.24) is 14.9 Å². The van der Waals surface area contributed by atoms with Crippen LogP contribution in [0.25, 0.3) is 0 Å². The summed E-state index contributed by atoms with van der Waals surface area (Å²) in [6, 6.07) is 5.05. The summed E-state index contributed by atoms with van der Waals surface area (Å²) >= 11 is 1.49. The van der Waals surface area contributed by atoms with Crippen molar-refractivity contribution in [2.24, 2.45) is 5.41 Å². The third kappa shape index (κ3) is 4.10. The zero-order valence-electron chi connectivity index (χ0n) is 18.5. The molecule has 0 bridgehead atoms.